The molecular formula is C17H23N3OS. The van der Waals surface area contributed by atoms with Crippen LogP contribution in [-0.4, -0.2) is 43.8 Å². The minimum absolute atomic E-state index is 0.515. The minimum Gasteiger partial charge on any atom is -0.298 e. The summed E-state index contributed by atoms with van der Waals surface area (Å²) in [5.41, 5.74) is 0. The maximum atomic E-state index is 12.4. The van der Waals surface area contributed by atoms with Gasteiger partial charge in [0, 0.05) is 35.6 Å². The fourth-order valence-corrected chi connectivity index (χ4v) is 4.17. The number of likely N-dealkylation sites (tertiary alicyclic amines) is 1. The van der Waals surface area contributed by atoms with Crippen LogP contribution in [0.4, 0.5) is 0 Å². The number of benzene rings is 1. The van der Waals surface area contributed by atoms with Crippen molar-refractivity contribution in [3.05, 3.63) is 48.8 Å². The molecule has 1 aliphatic heterocycles. The summed E-state index contributed by atoms with van der Waals surface area (Å²) in [6.07, 6.45) is 7.59. The average molecular weight is 317 g/mol. The van der Waals surface area contributed by atoms with Crippen molar-refractivity contribution in [1.82, 2.24) is 14.7 Å². The molecule has 1 aromatic carbocycles. The summed E-state index contributed by atoms with van der Waals surface area (Å²) in [4.78, 5) is 3.43. The largest absolute Gasteiger partial charge is 0.298 e. The van der Waals surface area contributed by atoms with Gasteiger partial charge < -0.3 is 0 Å². The Morgan fingerprint density at radius 2 is 2.05 bits per heavy atom. The van der Waals surface area contributed by atoms with E-state index in [0.717, 1.165) is 24.5 Å². The fraction of sp³-hybridized carbons (Fsp3) is 0.471. The van der Waals surface area contributed by atoms with Gasteiger partial charge in [-0.15, -0.1) is 0 Å². The van der Waals surface area contributed by atoms with Gasteiger partial charge in [0.2, 0.25) is 0 Å². The van der Waals surface area contributed by atoms with Crippen molar-refractivity contribution in [1.29, 1.82) is 0 Å². The van der Waals surface area contributed by atoms with Crippen molar-refractivity contribution >= 4 is 10.8 Å². The first kappa shape index (κ1) is 15.4. The van der Waals surface area contributed by atoms with Crippen molar-refractivity contribution in [2.75, 3.05) is 18.8 Å². The van der Waals surface area contributed by atoms with Crippen LogP contribution in [0.2, 0.25) is 0 Å². The van der Waals surface area contributed by atoms with Crippen LogP contribution >= 0.6 is 0 Å². The van der Waals surface area contributed by atoms with Gasteiger partial charge in [0.05, 0.1) is 17.3 Å². The maximum Gasteiger partial charge on any atom is 0.0564 e. The van der Waals surface area contributed by atoms with Crippen LogP contribution in [0.5, 0.6) is 0 Å². The Hall–Kier alpha value is -1.46. The van der Waals surface area contributed by atoms with Gasteiger partial charge >= 0.3 is 0 Å². The Balaban J connectivity index is 1.56. The van der Waals surface area contributed by atoms with E-state index in [9.17, 15) is 4.21 Å². The van der Waals surface area contributed by atoms with Crippen LogP contribution in [0.15, 0.2) is 53.7 Å². The van der Waals surface area contributed by atoms with E-state index in [1.807, 2.05) is 53.5 Å². The van der Waals surface area contributed by atoms with Crippen molar-refractivity contribution in [3.8, 4) is 0 Å². The normalized spacial score (nSPS) is 20.8. The molecule has 0 radical (unpaired) electrons. The summed E-state index contributed by atoms with van der Waals surface area (Å²) in [6, 6.07) is 12.3. The number of piperidine rings is 1. The summed E-state index contributed by atoms with van der Waals surface area (Å²) in [5, 5.41) is 4.32. The molecule has 118 valence electrons. The number of rotatable bonds is 6. The lowest BCUT2D eigenvalue weighted by atomic mass is 10.0. The van der Waals surface area contributed by atoms with Crippen LogP contribution in [0.1, 0.15) is 19.3 Å². The molecule has 2 atom stereocenters. The van der Waals surface area contributed by atoms with Crippen molar-refractivity contribution in [2.45, 2.75) is 36.7 Å². The van der Waals surface area contributed by atoms with Gasteiger partial charge in [-0.1, -0.05) is 24.6 Å². The zero-order valence-corrected chi connectivity index (χ0v) is 13.6. The molecule has 0 amide bonds. The van der Waals surface area contributed by atoms with Gasteiger partial charge in [-0.3, -0.25) is 13.8 Å². The molecule has 2 aromatic rings. The van der Waals surface area contributed by atoms with E-state index in [4.69, 9.17) is 0 Å². The SMILES string of the molecule is O=[S@@](CCN1CCCC[C@@H]1Cn1cccn1)c1ccccc1. The number of aromatic nitrogens is 2. The molecular weight excluding hydrogens is 294 g/mol. The standard InChI is InChI=1S/C17H23N3OS/c21-22(17-8-2-1-3-9-17)14-13-19-11-5-4-7-16(19)15-20-12-6-10-18-20/h1-3,6,8-10,12,16H,4-5,7,11,13-15H2/t16-,22+/m1/s1. The molecule has 0 bridgehead atoms. The molecule has 0 saturated carbocycles. The van der Waals surface area contributed by atoms with E-state index in [2.05, 4.69) is 10.00 Å². The quantitative estimate of drug-likeness (QED) is 0.822. The van der Waals surface area contributed by atoms with Crippen LogP contribution in [-0.2, 0) is 17.3 Å². The molecule has 0 N–H and O–H groups in total. The molecule has 0 spiro atoms. The Bertz CT molecular complexity index is 585. The highest BCUT2D eigenvalue weighted by molar-refractivity contribution is 7.85. The highest BCUT2D eigenvalue weighted by Gasteiger charge is 2.23. The summed E-state index contributed by atoms with van der Waals surface area (Å²) in [7, 11) is -0.903. The number of hydrogen-bond donors (Lipinski definition) is 0. The molecule has 1 aliphatic rings. The molecule has 4 nitrogen and oxygen atoms in total. The lowest BCUT2D eigenvalue weighted by Crippen LogP contribution is -2.44. The highest BCUT2D eigenvalue weighted by atomic mass is 32.2. The van der Waals surface area contributed by atoms with Crippen LogP contribution in [0, 0.1) is 0 Å². The molecule has 0 aliphatic carbocycles. The summed E-state index contributed by atoms with van der Waals surface area (Å²) in [6.45, 7) is 2.94. The molecule has 5 heteroatoms. The van der Waals surface area contributed by atoms with Gasteiger partial charge in [0.25, 0.3) is 0 Å². The fourth-order valence-electron chi connectivity index (χ4n) is 3.08. The van der Waals surface area contributed by atoms with Gasteiger partial charge in [0.1, 0.15) is 0 Å². The second-order valence-corrected chi connectivity index (χ2v) is 7.35. The second-order valence-electron chi connectivity index (χ2n) is 5.78. The third-order valence-corrected chi connectivity index (χ3v) is 5.63. The van der Waals surface area contributed by atoms with E-state index in [-0.39, 0.29) is 0 Å². The van der Waals surface area contributed by atoms with Crippen LogP contribution in [0.25, 0.3) is 0 Å². The first-order valence-electron chi connectivity index (χ1n) is 7.98. The summed E-state index contributed by atoms with van der Waals surface area (Å²) in [5.74, 6) is 0.708. The summed E-state index contributed by atoms with van der Waals surface area (Å²) < 4.78 is 14.4. The summed E-state index contributed by atoms with van der Waals surface area (Å²) >= 11 is 0. The highest BCUT2D eigenvalue weighted by Crippen LogP contribution is 2.18. The predicted octanol–water partition coefficient (Wildman–Crippen LogP) is 2.55. The van der Waals surface area contributed by atoms with Gasteiger partial charge in [-0.25, -0.2) is 0 Å². The van der Waals surface area contributed by atoms with E-state index in [1.54, 1.807) is 0 Å². The average Bonchev–Trinajstić information content (AvgIpc) is 3.07. The minimum atomic E-state index is -0.903. The Morgan fingerprint density at radius 1 is 1.18 bits per heavy atom. The molecule has 22 heavy (non-hydrogen) atoms. The lowest BCUT2D eigenvalue weighted by molar-refractivity contribution is 0.138. The monoisotopic (exact) mass is 317 g/mol. The third kappa shape index (κ3) is 4.05. The van der Waals surface area contributed by atoms with Gasteiger partial charge in [-0.2, -0.15) is 5.10 Å². The molecule has 1 aromatic heterocycles. The van der Waals surface area contributed by atoms with E-state index in [1.165, 1.54) is 19.3 Å². The first-order chi connectivity index (χ1) is 10.8. The van der Waals surface area contributed by atoms with E-state index >= 15 is 0 Å². The van der Waals surface area contributed by atoms with E-state index < -0.39 is 10.8 Å². The molecule has 0 unspecified atom stereocenters. The zero-order chi connectivity index (χ0) is 15.2. The molecule has 1 fully saturated rings. The predicted molar refractivity (Wildman–Crippen MR) is 89.2 cm³/mol. The zero-order valence-electron chi connectivity index (χ0n) is 12.8. The van der Waals surface area contributed by atoms with Crippen molar-refractivity contribution < 1.29 is 4.21 Å². The Kier molecular flexibility index (Phi) is 5.40. The Labute approximate surface area is 134 Å². The van der Waals surface area contributed by atoms with E-state index in [0.29, 0.717) is 11.8 Å². The van der Waals surface area contributed by atoms with Crippen LogP contribution < -0.4 is 0 Å². The number of nitrogens with zero attached hydrogens (tertiary/aromatic N) is 3. The smallest absolute Gasteiger partial charge is 0.0564 e. The number of hydrogen-bond acceptors (Lipinski definition) is 3. The second kappa shape index (κ2) is 7.70. The van der Waals surface area contributed by atoms with Gasteiger partial charge in [0.15, 0.2) is 0 Å². The molecule has 3 rings (SSSR count). The molecule has 1 saturated heterocycles. The first-order valence-corrected chi connectivity index (χ1v) is 9.30. The maximum absolute atomic E-state index is 12.4. The van der Waals surface area contributed by atoms with Crippen molar-refractivity contribution in [3.63, 3.8) is 0 Å². The van der Waals surface area contributed by atoms with Crippen LogP contribution in [0.3, 0.4) is 0 Å². The Morgan fingerprint density at radius 3 is 2.82 bits per heavy atom. The van der Waals surface area contributed by atoms with Gasteiger partial charge in [-0.05, 0) is 37.6 Å². The topological polar surface area (TPSA) is 38.1 Å². The molecule has 2 heterocycles. The third-order valence-electron chi connectivity index (χ3n) is 4.28. The lowest BCUT2D eigenvalue weighted by Gasteiger charge is -2.35. The van der Waals surface area contributed by atoms with Crippen molar-refractivity contribution in [2.24, 2.45) is 0 Å².